The Morgan fingerprint density at radius 2 is 1.96 bits per heavy atom. The predicted octanol–water partition coefficient (Wildman–Crippen LogP) is 5.04. The summed E-state index contributed by atoms with van der Waals surface area (Å²) in [5, 5.41) is 15.3. The number of rotatable bonds is 5. The van der Waals surface area contributed by atoms with Gasteiger partial charge in [-0.15, -0.1) is 0 Å². The first-order valence-corrected chi connectivity index (χ1v) is 9.51. The van der Waals surface area contributed by atoms with Gasteiger partial charge in [-0.1, -0.05) is 36.4 Å². The molecule has 1 aromatic heterocycles. The lowest BCUT2D eigenvalue weighted by molar-refractivity contribution is 0.0915. The Morgan fingerprint density at radius 1 is 1.18 bits per heavy atom. The topological polar surface area (TPSA) is 78.1 Å². The average Bonchev–Trinajstić information content (AvgIpc) is 3.14. The summed E-state index contributed by atoms with van der Waals surface area (Å²) in [7, 11) is 0. The van der Waals surface area contributed by atoms with E-state index in [0.717, 1.165) is 47.2 Å². The number of hydrogen-bond donors (Lipinski definition) is 3. The van der Waals surface area contributed by atoms with Crippen molar-refractivity contribution in [3.63, 3.8) is 0 Å². The highest BCUT2D eigenvalue weighted by Gasteiger charge is 2.25. The molecule has 5 nitrogen and oxygen atoms in total. The van der Waals surface area contributed by atoms with Crippen LogP contribution in [0.2, 0.25) is 0 Å². The van der Waals surface area contributed by atoms with E-state index in [0.29, 0.717) is 11.3 Å². The van der Waals surface area contributed by atoms with Crippen LogP contribution in [0.4, 0.5) is 5.69 Å². The van der Waals surface area contributed by atoms with E-state index in [2.05, 4.69) is 23.6 Å². The molecular weight excluding hydrogens is 350 g/mol. The Kier molecular flexibility index (Phi) is 4.98. The van der Waals surface area contributed by atoms with Crippen LogP contribution < -0.4 is 10.6 Å². The SMILES string of the molecule is Cc1ccccc1NC1=C(C=N)C(NC(=O)c2cc3ccccc3o2)CCC1. The largest absolute Gasteiger partial charge is 0.451 e. The lowest BCUT2D eigenvalue weighted by atomic mass is 9.91. The summed E-state index contributed by atoms with van der Waals surface area (Å²) in [4.78, 5) is 12.7. The number of benzene rings is 2. The zero-order valence-electron chi connectivity index (χ0n) is 15.8. The van der Waals surface area contributed by atoms with E-state index in [-0.39, 0.29) is 11.9 Å². The fraction of sp³-hybridized carbons (Fsp3) is 0.217. The maximum Gasteiger partial charge on any atom is 0.287 e. The highest BCUT2D eigenvalue weighted by molar-refractivity contribution is 5.97. The maximum atomic E-state index is 12.7. The minimum atomic E-state index is -0.252. The molecule has 3 aromatic rings. The van der Waals surface area contributed by atoms with Crippen LogP contribution in [-0.2, 0) is 0 Å². The Bertz CT molecular complexity index is 1030. The van der Waals surface area contributed by atoms with Crippen LogP contribution in [0.25, 0.3) is 11.0 Å². The van der Waals surface area contributed by atoms with Crippen LogP contribution in [0.15, 0.2) is 70.3 Å². The zero-order chi connectivity index (χ0) is 19.5. The molecule has 0 spiro atoms. The molecule has 142 valence electrons. The number of para-hydroxylation sites is 2. The van der Waals surface area contributed by atoms with Crippen LogP contribution in [-0.4, -0.2) is 18.2 Å². The normalized spacial score (nSPS) is 16.8. The summed E-state index contributed by atoms with van der Waals surface area (Å²) in [5.41, 5.74) is 4.68. The summed E-state index contributed by atoms with van der Waals surface area (Å²) in [5.74, 6) is 0.0437. The van der Waals surface area contributed by atoms with E-state index in [4.69, 9.17) is 9.83 Å². The molecular formula is C23H23N3O2. The molecule has 5 heteroatoms. The molecule has 2 aromatic carbocycles. The maximum absolute atomic E-state index is 12.7. The lowest BCUT2D eigenvalue weighted by Gasteiger charge is -2.28. The number of fused-ring (bicyclic) bond motifs is 1. The van der Waals surface area contributed by atoms with Crippen LogP contribution in [0, 0.1) is 12.3 Å². The van der Waals surface area contributed by atoms with Gasteiger partial charge in [0.1, 0.15) is 5.58 Å². The quantitative estimate of drug-likeness (QED) is 0.548. The van der Waals surface area contributed by atoms with Crippen molar-refractivity contribution in [3.8, 4) is 0 Å². The van der Waals surface area contributed by atoms with Gasteiger partial charge in [0, 0.05) is 28.6 Å². The molecule has 1 atom stereocenters. The second-order valence-corrected chi connectivity index (χ2v) is 7.08. The van der Waals surface area contributed by atoms with Crippen LogP contribution >= 0.6 is 0 Å². The predicted molar refractivity (Wildman–Crippen MR) is 112 cm³/mol. The van der Waals surface area contributed by atoms with Gasteiger partial charge >= 0.3 is 0 Å². The van der Waals surface area contributed by atoms with Gasteiger partial charge in [0.25, 0.3) is 5.91 Å². The highest BCUT2D eigenvalue weighted by atomic mass is 16.3. The molecule has 0 bridgehead atoms. The molecule has 3 N–H and O–H groups in total. The van der Waals surface area contributed by atoms with E-state index < -0.39 is 0 Å². The van der Waals surface area contributed by atoms with Crippen molar-refractivity contribution in [2.24, 2.45) is 0 Å². The number of amides is 1. The number of furan rings is 1. The van der Waals surface area contributed by atoms with E-state index in [9.17, 15) is 4.79 Å². The molecule has 0 aliphatic heterocycles. The van der Waals surface area contributed by atoms with Gasteiger partial charge in [0.05, 0.1) is 6.04 Å². The molecule has 1 aliphatic rings. The molecule has 0 saturated heterocycles. The van der Waals surface area contributed by atoms with Crippen LogP contribution in [0.1, 0.15) is 35.4 Å². The first-order chi connectivity index (χ1) is 13.7. The summed E-state index contributed by atoms with van der Waals surface area (Å²) >= 11 is 0. The number of nitrogens with one attached hydrogen (secondary N) is 3. The van der Waals surface area contributed by atoms with E-state index in [1.165, 1.54) is 6.21 Å². The Labute approximate surface area is 164 Å². The van der Waals surface area contributed by atoms with Crippen molar-refractivity contribution in [1.29, 1.82) is 5.41 Å². The fourth-order valence-electron chi connectivity index (χ4n) is 3.66. The first-order valence-electron chi connectivity index (χ1n) is 9.51. The van der Waals surface area contributed by atoms with Crippen molar-refractivity contribution in [1.82, 2.24) is 5.32 Å². The van der Waals surface area contributed by atoms with Gasteiger partial charge in [-0.2, -0.15) is 0 Å². The second-order valence-electron chi connectivity index (χ2n) is 7.08. The molecule has 1 heterocycles. The summed E-state index contributed by atoms with van der Waals surface area (Å²) in [6.45, 7) is 2.05. The zero-order valence-corrected chi connectivity index (χ0v) is 15.8. The molecule has 0 radical (unpaired) electrons. The highest BCUT2D eigenvalue weighted by Crippen LogP contribution is 2.27. The summed E-state index contributed by atoms with van der Waals surface area (Å²) in [6.07, 6.45) is 3.95. The Hall–Kier alpha value is -3.34. The first kappa shape index (κ1) is 18.0. The van der Waals surface area contributed by atoms with E-state index in [1.54, 1.807) is 6.07 Å². The molecule has 28 heavy (non-hydrogen) atoms. The molecule has 0 fully saturated rings. The van der Waals surface area contributed by atoms with E-state index in [1.807, 2.05) is 42.5 Å². The number of carbonyl (C=O) groups is 1. The summed E-state index contributed by atoms with van der Waals surface area (Å²) in [6, 6.07) is 17.2. The minimum absolute atomic E-state index is 0.210. The van der Waals surface area contributed by atoms with Gasteiger partial charge in [0.15, 0.2) is 5.76 Å². The molecule has 1 amide bonds. The fourth-order valence-corrected chi connectivity index (χ4v) is 3.66. The van der Waals surface area contributed by atoms with Crippen LogP contribution in [0.3, 0.4) is 0 Å². The third-order valence-corrected chi connectivity index (χ3v) is 5.18. The number of allylic oxidation sites excluding steroid dienone is 1. The molecule has 0 saturated carbocycles. The Balaban J connectivity index is 1.57. The third kappa shape index (κ3) is 3.56. The van der Waals surface area contributed by atoms with Crippen molar-refractivity contribution >= 4 is 28.8 Å². The minimum Gasteiger partial charge on any atom is -0.451 e. The van der Waals surface area contributed by atoms with Crippen molar-refractivity contribution in [2.75, 3.05) is 5.32 Å². The summed E-state index contributed by atoms with van der Waals surface area (Å²) < 4.78 is 5.68. The lowest BCUT2D eigenvalue weighted by Crippen LogP contribution is -2.39. The van der Waals surface area contributed by atoms with Gasteiger partial charge in [-0.3, -0.25) is 4.79 Å². The third-order valence-electron chi connectivity index (χ3n) is 5.18. The smallest absolute Gasteiger partial charge is 0.287 e. The van der Waals surface area contributed by atoms with Crippen LogP contribution in [0.5, 0.6) is 0 Å². The van der Waals surface area contributed by atoms with Crippen molar-refractivity contribution in [2.45, 2.75) is 32.2 Å². The monoisotopic (exact) mass is 373 g/mol. The van der Waals surface area contributed by atoms with Gasteiger partial charge in [-0.05, 0) is 49.9 Å². The number of carbonyl (C=O) groups excluding carboxylic acids is 1. The van der Waals surface area contributed by atoms with Gasteiger partial charge in [0.2, 0.25) is 0 Å². The second kappa shape index (κ2) is 7.72. The number of anilines is 1. The molecule has 1 aliphatic carbocycles. The van der Waals surface area contributed by atoms with Crippen molar-refractivity contribution in [3.05, 3.63) is 77.2 Å². The van der Waals surface area contributed by atoms with Crippen molar-refractivity contribution < 1.29 is 9.21 Å². The molecule has 1 unspecified atom stereocenters. The van der Waals surface area contributed by atoms with Gasteiger partial charge < -0.3 is 20.5 Å². The van der Waals surface area contributed by atoms with E-state index >= 15 is 0 Å². The molecule has 4 rings (SSSR count). The Morgan fingerprint density at radius 3 is 2.75 bits per heavy atom. The standard InChI is InChI=1S/C23H23N3O2/c1-15-7-2-4-9-18(15)25-19-10-6-11-20(17(19)14-24)26-23(27)22-13-16-8-3-5-12-21(16)28-22/h2-5,7-9,12-14,20,24-25H,6,10-11H2,1H3,(H,26,27). The number of hydrogen-bond acceptors (Lipinski definition) is 4. The average molecular weight is 373 g/mol. The number of aryl methyl sites for hydroxylation is 1. The van der Waals surface area contributed by atoms with Gasteiger partial charge in [-0.25, -0.2) is 0 Å².